The van der Waals surface area contributed by atoms with E-state index in [0.717, 1.165) is 0 Å². The fourth-order valence-electron chi connectivity index (χ4n) is 1.20. The van der Waals surface area contributed by atoms with Gasteiger partial charge in [-0.2, -0.15) is 5.01 Å². The predicted octanol–water partition coefficient (Wildman–Crippen LogP) is 2.07. The average molecular weight is 261 g/mol. The van der Waals surface area contributed by atoms with Gasteiger partial charge in [0.1, 0.15) is 0 Å². The highest BCUT2D eigenvalue weighted by Gasteiger charge is 2.39. The van der Waals surface area contributed by atoms with E-state index in [4.69, 9.17) is 5.11 Å². The van der Waals surface area contributed by atoms with Gasteiger partial charge >= 0.3 is 12.0 Å². The number of aliphatic carboxylic acids is 1. The number of carboxylic acid groups (broad SMARTS) is 1. The maximum absolute atomic E-state index is 10.9. The van der Waals surface area contributed by atoms with Crippen molar-refractivity contribution in [3.05, 3.63) is 4.91 Å². The molecule has 0 rings (SSSR count). The smallest absolute Gasteiger partial charge is 0.337 e. The van der Waals surface area contributed by atoms with Crippen LogP contribution in [0.5, 0.6) is 0 Å². The first-order chi connectivity index (χ1) is 8.01. The van der Waals surface area contributed by atoms with Gasteiger partial charge in [-0.25, -0.2) is 4.79 Å². The molecule has 0 aromatic carbocycles. The second-order valence-corrected chi connectivity index (χ2v) is 4.84. The molecule has 106 valence electrons. The van der Waals surface area contributed by atoms with E-state index in [0.29, 0.717) is 5.01 Å². The Bertz CT molecular complexity index is 295. The number of urea groups is 1. The van der Waals surface area contributed by atoms with Crippen LogP contribution in [-0.2, 0) is 4.79 Å². The van der Waals surface area contributed by atoms with Crippen LogP contribution in [-0.4, -0.2) is 29.2 Å². The van der Waals surface area contributed by atoms with Gasteiger partial charge in [0.05, 0.1) is 10.7 Å². The molecule has 0 saturated heterocycles. The lowest BCUT2D eigenvalue weighted by atomic mass is 9.71. The first kappa shape index (κ1) is 18.7. The number of carbonyl (C=O) groups excluding carboxylic acids is 1. The minimum Gasteiger partial charge on any atom is -0.481 e. The Kier molecular flexibility index (Phi) is 7.92. The molecule has 0 saturated carbocycles. The Morgan fingerprint density at radius 1 is 1.22 bits per heavy atom. The average Bonchev–Trinajstić information content (AvgIpc) is 2.26. The maximum atomic E-state index is 10.9. The second-order valence-electron chi connectivity index (χ2n) is 4.84. The standard InChI is InChI=1S/C9H18O2.C2H5N3O2/c1-6(2)9(5,7(3)4)8(10)11;1-5(4-7)2(3)6/h6-7H,1-5H3,(H,10,11);1H3,(H2,3,6). The van der Waals surface area contributed by atoms with Crippen LogP contribution in [0, 0.1) is 22.2 Å². The quantitative estimate of drug-likeness (QED) is 0.595. The van der Waals surface area contributed by atoms with Crippen LogP contribution in [0.3, 0.4) is 0 Å². The molecule has 0 aromatic rings. The zero-order chi connectivity index (χ0) is 15.1. The molecule has 2 amide bonds. The normalized spacial score (nSPS) is 10.7. The number of nitroso groups, excluding NO2 is 1. The molecule has 7 heteroatoms. The number of carboxylic acids is 1. The summed E-state index contributed by atoms with van der Waals surface area (Å²) >= 11 is 0. The van der Waals surface area contributed by atoms with Crippen molar-refractivity contribution in [2.75, 3.05) is 7.05 Å². The van der Waals surface area contributed by atoms with Crippen LogP contribution in [0.1, 0.15) is 34.6 Å². The van der Waals surface area contributed by atoms with Crippen molar-refractivity contribution in [2.24, 2.45) is 28.3 Å². The van der Waals surface area contributed by atoms with Crippen molar-refractivity contribution < 1.29 is 14.7 Å². The molecule has 0 aliphatic heterocycles. The lowest BCUT2D eigenvalue weighted by molar-refractivity contribution is -0.153. The van der Waals surface area contributed by atoms with Gasteiger partial charge in [0.2, 0.25) is 0 Å². The van der Waals surface area contributed by atoms with Crippen LogP contribution in [0.15, 0.2) is 5.29 Å². The summed E-state index contributed by atoms with van der Waals surface area (Å²) in [6.45, 7) is 9.62. The topological polar surface area (TPSA) is 113 Å². The molecule has 0 spiro atoms. The number of nitrogens with two attached hydrogens (primary N) is 1. The van der Waals surface area contributed by atoms with Gasteiger partial charge < -0.3 is 10.8 Å². The predicted molar refractivity (Wildman–Crippen MR) is 68.6 cm³/mol. The van der Waals surface area contributed by atoms with Crippen molar-refractivity contribution in [3.8, 4) is 0 Å². The van der Waals surface area contributed by atoms with E-state index in [2.05, 4.69) is 11.0 Å². The first-order valence-electron chi connectivity index (χ1n) is 5.61. The molecule has 18 heavy (non-hydrogen) atoms. The number of carbonyl (C=O) groups is 2. The van der Waals surface area contributed by atoms with Crippen molar-refractivity contribution in [3.63, 3.8) is 0 Å². The highest BCUT2D eigenvalue weighted by Crippen LogP contribution is 2.35. The fourth-order valence-corrected chi connectivity index (χ4v) is 1.20. The third-order valence-electron chi connectivity index (χ3n) is 3.30. The minimum absolute atomic E-state index is 0.181. The van der Waals surface area contributed by atoms with Gasteiger partial charge in [0, 0.05) is 7.05 Å². The van der Waals surface area contributed by atoms with Crippen molar-refractivity contribution in [1.82, 2.24) is 5.01 Å². The molecule has 0 radical (unpaired) electrons. The lowest BCUT2D eigenvalue weighted by Crippen LogP contribution is -2.38. The molecule has 3 N–H and O–H groups in total. The minimum atomic E-state index is -0.852. The number of amides is 2. The van der Waals surface area contributed by atoms with E-state index in [-0.39, 0.29) is 11.8 Å². The van der Waals surface area contributed by atoms with Crippen LogP contribution in [0.2, 0.25) is 0 Å². The molecule has 0 fully saturated rings. The number of rotatable bonds is 4. The monoisotopic (exact) mass is 261 g/mol. The van der Waals surface area contributed by atoms with Gasteiger partial charge in [-0.1, -0.05) is 27.7 Å². The number of hydrogen-bond donors (Lipinski definition) is 2. The van der Waals surface area contributed by atoms with Gasteiger partial charge in [-0.05, 0) is 18.8 Å². The van der Waals surface area contributed by atoms with Crippen LogP contribution in [0.25, 0.3) is 0 Å². The molecule has 0 unspecified atom stereocenters. The van der Waals surface area contributed by atoms with Gasteiger partial charge in [-0.3, -0.25) is 4.79 Å². The summed E-state index contributed by atoms with van der Waals surface area (Å²) in [6, 6.07) is -0.852. The van der Waals surface area contributed by atoms with E-state index in [1.54, 1.807) is 0 Å². The summed E-state index contributed by atoms with van der Waals surface area (Å²) < 4.78 is 0. The zero-order valence-electron chi connectivity index (χ0n) is 11.8. The van der Waals surface area contributed by atoms with Crippen LogP contribution >= 0.6 is 0 Å². The molecule has 7 nitrogen and oxygen atoms in total. The Morgan fingerprint density at radius 2 is 1.56 bits per heavy atom. The number of nitrogens with zero attached hydrogens (tertiary/aromatic N) is 2. The molecule has 0 aliphatic carbocycles. The first-order valence-corrected chi connectivity index (χ1v) is 5.61. The molecular formula is C11H23N3O4. The maximum Gasteiger partial charge on any atom is 0.337 e. The Labute approximate surface area is 107 Å². The highest BCUT2D eigenvalue weighted by atomic mass is 16.4. The van der Waals surface area contributed by atoms with Crippen molar-refractivity contribution in [1.29, 1.82) is 0 Å². The van der Waals surface area contributed by atoms with E-state index in [1.807, 2.05) is 34.6 Å². The Hall–Kier alpha value is -1.66. The van der Waals surface area contributed by atoms with Gasteiger partial charge in [0.25, 0.3) is 0 Å². The zero-order valence-corrected chi connectivity index (χ0v) is 11.8. The van der Waals surface area contributed by atoms with Gasteiger partial charge in [-0.15, -0.1) is 4.91 Å². The summed E-state index contributed by atoms with van der Waals surface area (Å²) in [7, 11) is 1.18. The molecule has 0 aliphatic rings. The van der Waals surface area contributed by atoms with E-state index < -0.39 is 17.4 Å². The van der Waals surface area contributed by atoms with E-state index in [1.165, 1.54) is 7.05 Å². The second kappa shape index (κ2) is 7.62. The van der Waals surface area contributed by atoms with Crippen LogP contribution in [0.4, 0.5) is 4.79 Å². The summed E-state index contributed by atoms with van der Waals surface area (Å²) in [5.41, 5.74) is 3.96. The largest absolute Gasteiger partial charge is 0.481 e. The fraction of sp³-hybridized carbons (Fsp3) is 0.818. The molecule has 0 bridgehead atoms. The molecule has 0 atom stereocenters. The lowest BCUT2D eigenvalue weighted by Gasteiger charge is -2.32. The van der Waals surface area contributed by atoms with E-state index >= 15 is 0 Å². The molecule has 0 heterocycles. The highest BCUT2D eigenvalue weighted by molar-refractivity contribution is 5.74. The number of primary amides is 1. The van der Waals surface area contributed by atoms with E-state index in [9.17, 15) is 14.5 Å². The number of hydrogen-bond acceptors (Lipinski definition) is 4. The third-order valence-corrected chi connectivity index (χ3v) is 3.30. The van der Waals surface area contributed by atoms with Crippen molar-refractivity contribution >= 4 is 12.0 Å². The summed E-state index contributed by atoms with van der Waals surface area (Å²) in [6.07, 6.45) is 0. The SMILES string of the molecule is CC(C)C(C)(C(=O)O)C(C)C.CN(N=O)C(N)=O. The Balaban J connectivity index is 0. The Morgan fingerprint density at radius 3 is 1.56 bits per heavy atom. The molecular weight excluding hydrogens is 238 g/mol. The van der Waals surface area contributed by atoms with Gasteiger partial charge in [0.15, 0.2) is 0 Å². The summed E-state index contributed by atoms with van der Waals surface area (Å²) in [4.78, 5) is 30.0. The summed E-state index contributed by atoms with van der Waals surface area (Å²) in [5.74, 6) is -0.331. The molecule has 0 aromatic heterocycles. The van der Waals surface area contributed by atoms with Crippen molar-refractivity contribution in [2.45, 2.75) is 34.6 Å². The van der Waals surface area contributed by atoms with Crippen LogP contribution < -0.4 is 5.73 Å². The summed E-state index contributed by atoms with van der Waals surface area (Å²) in [5, 5.41) is 11.7. The third kappa shape index (κ3) is 5.11.